The fourth-order valence-corrected chi connectivity index (χ4v) is 2.38. The highest BCUT2D eigenvalue weighted by molar-refractivity contribution is 5.93. The Hall–Kier alpha value is -2.82. The molecule has 1 unspecified atom stereocenters. The summed E-state index contributed by atoms with van der Waals surface area (Å²) in [5.74, 6) is -0.518. The molecule has 23 heavy (non-hydrogen) atoms. The van der Waals surface area contributed by atoms with Crippen molar-refractivity contribution in [3.8, 4) is 0 Å². The number of nitrogens with zero attached hydrogens (tertiary/aromatic N) is 3. The molecule has 1 atom stereocenters. The van der Waals surface area contributed by atoms with Gasteiger partial charge in [0.1, 0.15) is 11.5 Å². The van der Waals surface area contributed by atoms with Crippen LogP contribution in [-0.4, -0.2) is 27.8 Å². The van der Waals surface area contributed by atoms with Gasteiger partial charge in [-0.15, -0.1) is 0 Å². The van der Waals surface area contributed by atoms with Crippen LogP contribution in [0.1, 0.15) is 29.0 Å². The van der Waals surface area contributed by atoms with Gasteiger partial charge in [0, 0.05) is 7.05 Å². The molecular formula is C18H16FN3O. The third-order valence-corrected chi connectivity index (χ3v) is 3.92. The van der Waals surface area contributed by atoms with Crippen molar-refractivity contribution < 1.29 is 9.18 Å². The minimum atomic E-state index is -0.296. The van der Waals surface area contributed by atoms with E-state index in [9.17, 15) is 9.18 Å². The molecule has 1 aromatic heterocycles. The number of benzene rings is 2. The summed E-state index contributed by atoms with van der Waals surface area (Å²) in [5, 5.41) is 0. The van der Waals surface area contributed by atoms with Gasteiger partial charge in [0.15, 0.2) is 0 Å². The molecule has 1 heterocycles. The first-order valence-corrected chi connectivity index (χ1v) is 7.30. The second-order valence-corrected chi connectivity index (χ2v) is 5.39. The SMILES string of the molecule is CC(c1ccc(F)cc1)N(C)C(=O)c1cnc2ccccc2n1. The van der Waals surface area contributed by atoms with Gasteiger partial charge in [0.05, 0.1) is 23.3 Å². The number of hydrogen-bond donors (Lipinski definition) is 0. The summed E-state index contributed by atoms with van der Waals surface area (Å²) >= 11 is 0. The highest BCUT2D eigenvalue weighted by Gasteiger charge is 2.20. The van der Waals surface area contributed by atoms with Gasteiger partial charge in [0.2, 0.25) is 0 Å². The number of carbonyl (C=O) groups excluding carboxylic acids is 1. The maximum atomic E-state index is 13.0. The molecule has 0 aliphatic rings. The monoisotopic (exact) mass is 309 g/mol. The lowest BCUT2D eigenvalue weighted by atomic mass is 10.1. The Morgan fingerprint density at radius 1 is 1.09 bits per heavy atom. The molecule has 3 rings (SSSR count). The van der Waals surface area contributed by atoms with Gasteiger partial charge in [-0.3, -0.25) is 9.78 Å². The average Bonchev–Trinajstić information content (AvgIpc) is 2.60. The van der Waals surface area contributed by atoms with Gasteiger partial charge in [-0.2, -0.15) is 0 Å². The molecule has 0 spiro atoms. The number of hydrogen-bond acceptors (Lipinski definition) is 3. The Kier molecular flexibility index (Phi) is 4.02. The molecule has 1 amide bonds. The number of aromatic nitrogens is 2. The molecule has 0 N–H and O–H groups in total. The second-order valence-electron chi connectivity index (χ2n) is 5.39. The summed E-state index contributed by atoms with van der Waals surface area (Å²) in [5.41, 5.74) is 2.58. The molecule has 3 aromatic rings. The van der Waals surface area contributed by atoms with E-state index in [0.717, 1.165) is 11.1 Å². The number of rotatable bonds is 3. The number of halogens is 1. The van der Waals surface area contributed by atoms with E-state index in [2.05, 4.69) is 9.97 Å². The van der Waals surface area contributed by atoms with Gasteiger partial charge >= 0.3 is 0 Å². The van der Waals surface area contributed by atoms with Crippen molar-refractivity contribution >= 4 is 16.9 Å². The van der Waals surface area contributed by atoms with Crippen molar-refractivity contribution in [2.45, 2.75) is 13.0 Å². The van der Waals surface area contributed by atoms with Gasteiger partial charge in [-0.05, 0) is 36.8 Å². The van der Waals surface area contributed by atoms with Crippen LogP contribution in [0.4, 0.5) is 4.39 Å². The molecule has 5 heteroatoms. The molecule has 0 fully saturated rings. The summed E-state index contributed by atoms with van der Waals surface area (Å²) in [4.78, 5) is 22.8. The summed E-state index contributed by atoms with van der Waals surface area (Å²) in [7, 11) is 1.70. The number of carbonyl (C=O) groups is 1. The van der Waals surface area contributed by atoms with Crippen molar-refractivity contribution in [2.24, 2.45) is 0 Å². The van der Waals surface area contributed by atoms with Crippen molar-refractivity contribution in [1.29, 1.82) is 0 Å². The van der Waals surface area contributed by atoms with E-state index in [4.69, 9.17) is 0 Å². The number of amides is 1. The first kappa shape index (κ1) is 15.1. The van der Waals surface area contributed by atoms with Crippen molar-refractivity contribution in [3.63, 3.8) is 0 Å². The maximum Gasteiger partial charge on any atom is 0.274 e. The fraction of sp³-hybridized carbons (Fsp3) is 0.167. The van der Waals surface area contributed by atoms with Crippen LogP contribution in [0.25, 0.3) is 11.0 Å². The number of fused-ring (bicyclic) bond motifs is 1. The van der Waals surface area contributed by atoms with Crippen LogP contribution in [0.3, 0.4) is 0 Å². The smallest absolute Gasteiger partial charge is 0.274 e. The zero-order valence-corrected chi connectivity index (χ0v) is 12.9. The van der Waals surface area contributed by atoms with Crippen LogP contribution in [0.2, 0.25) is 0 Å². The van der Waals surface area contributed by atoms with Crippen molar-refractivity contribution in [1.82, 2.24) is 14.9 Å². The van der Waals surface area contributed by atoms with E-state index in [1.165, 1.54) is 18.3 Å². The third kappa shape index (κ3) is 3.04. The minimum Gasteiger partial charge on any atom is -0.334 e. The standard InChI is InChI=1S/C18H16FN3O/c1-12(13-7-9-14(19)10-8-13)22(2)18(23)17-11-20-15-5-3-4-6-16(15)21-17/h3-12H,1-2H3. The molecule has 4 nitrogen and oxygen atoms in total. The molecule has 0 saturated heterocycles. The van der Waals surface area contributed by atoms with E-state index in [-0.39, 0.29) is 17.8 Å². The Balaban J connectivity index is 1.86. The average molecular weight is 309 g/mol. The predicted molar refractivity (Wildman–Crippen MR) is 86.4 cm³/mol. The van der Waals surface area contributed by atoms with E-state index >= 15 is 0 Å². The summed E-state index contributed by atoms with van der Waals surface area (Å²) < 4.78 is 13.0. The first-order chi connectivity index (χ1) is 11.1. The van der Waals surface area contributed by atoms with E-state index in [0.29, 0.717) is 11.2 Å². The Labute approximate surface area is 133 Å². The highest BCUT2D eigenvalue weighted by atomic mass is 19.1. The topological polar surface area (TPSA) is 46.1 Å². The third-order valence-electron chi connectivity index (χ3n) is 3.92. The van der Waals surface area contributed by atoms with Gasteiger partial charge in [0.25, 0.3) is 5.91 Å². The zero-order chi connectivity index (χ0) is 16.4. The maximum absolute atomic E-state index is 13.0. The highest BCUT2D eigenvalue weighted by Crippen LogP contribution is 2.21. The molecule has 0 aliphatic carbocycles. The van der Waals surface area contributed by atoms with Crippen LogP contribution < -0.4 is 0 Å². The van der Waals surface area contributed by atoms with Gasteiger partial charge in [-0.1, -0.05) is 24.3 Å². The lowest BCUT2D eigenvalue weighted by Gasteiger charge is -2.25. The van der Waals surface area contributed by atoms with Crippen LogP contribution in [0.5, 0.6) is 0 Å². The fourth-order valence-electron chi connectivity index (χ4n) is 2.38. The van der Waals surface area contributed by atoms with Crippen molar-refractivity contribution in [2.75, 3.05) is 7.05 Å². The first-order valence-electron chi connectivity index (χ1n) is 7.30. The van der Waals surface area contributed by atoms with Crippen LogP contribution in [0.15, 0.2) is 54.7 Å². The Morgan fingerprint density at radius 3 is 2.43 bits per heavy atom. The van der Waals surface area contributed by atoms with Gasteiger partial charge < -0.3 is 4.90 Å². The normalized spacial score (nSPS) is 12.1. The summed E-state index contributed by atoms with van der Waals surface area (Å²) in [6.07, 6.45) is 1.48. The summed E-state index contributed by atoms with van der Waals surface area (Å²) in [6, 6.07) is 13.3. The van der Waals surface area contributed by atoms with E-state index < -0.39 is 0 Å². The number of para-hydroxylation sites is 2. The Bertz CT molecular complexity index is 848. The minimum absolute atomic E-state index is 0.198. The summed E-state index contributed by atoms with van der Waals surface area (Å²) in [6.45, 7) is 1.89. The predicted octanol–water partition coefficient (Wildman–Crippen LogP) is 3.60. The van der Waals surface area contributed by atoms with Crippen LogP contribution >= 0.6 is 0 Å². The zero-order valence-electron chi connectivity index (χ0n) is 12.9. The molecule has 0 aliphatic heterocycles. The lowest BCUT2D eigenvalue weighted by Crippen LogP contribution is -2.30. The van der Waals surface area contributed by atoms with Crippen molar-refractivity contribution in [3.05, 3.63) is 71.8 Å². The largest absolute Gasteiger partial charge is 0.334 e. The van der Waals surface area contributed by atoms with E-state index in [1.54, 1.807) is 24.1 Å². The molecule has 0 saturated carbocycles. The van der Waals surface area contributed by atoms with Crippen LogP contribution in [0, 0.1) is 5.82 Å². The van der Waals surface area contributed by atoms with Gasteiger partial charge in [-0.25, -0.2) is 9.37 Å². The second kappa shape index (κ2) is 6.12. The molecular weight excluding hydrogens is 293 g/mol. The molecule has 0 bridgehead atoms. The lowest BCUT2D eigenvalue weighted by molar-refractivity contribution is 0.0736. The van der Waals surface area contributed by atoms with Crippen LogP contribution in [-0.2, 0) is 0 Å². The Morgan fingerprint density at radius 2 is 1.74 bits per heavy atom. The molecule has 0 radical (unpaired) electrons. The molecule has 2 aromatic carbocycles. The quantitative estimate of drug-likeness (QED) is 0.742. The molecule has 116 valence electrons. The van der Waals surface area contributed by atoms with E-state index in [1.807, 2.05) is 31.2 Å².